The molecule has 2 rings (SSSR count). The van der Waals surface area contributed by atoms with Gasteiger partial charge in [0.05, 0.1) is 0 Å². The van der Waals surface area contributed by atoms with Crippen LogP contribution in [-0.4, -0.2) is 53.1 Å². The normalized spacial score (nSPS) is 26.4. The number of urea groups is 1. The number of carbonyl (C=O) groups excluding carboxylic acids is 1. The first-order valence-electron chi connectivity index (χ1n) is 7.63. The summed E-state index contributed by atoms with van der Waals surface area (Å²) in [6.45, 7) is 7.50. The molecular formula is C15H26N2O3. The highest BCUT2D eigenvalue weighted by molar-refractivity contribution is 5.75. The van der Waals surface area contributed by atoms with E-state index in [1.807, 2.05) is 9.80 Å². The summed E-state index contributed by atoms with van der Waals surface area (Å²) in [6.07, 6.45) is 4.27. The summed E-state index contributed by atoms with van der Waals surface area (Å²) in [5.41, 5.74) is 0.325. The van der Waals surface area contributed by atoms with Crippen LogP contribution < -0.4 is 0 Å². The molecule has 0 aliphatic carbocycles. The molecule has 2 aliphatic heterocycles. The number of aliphatic carboxylic acids is 1. The van der Waals surface area contributed by atoms with Gasteiger partial charge in [-0.3, -0.25) is 4.79 Å². The van der Waals surface area contributed by atoms with Crippen LogP contribution in [0.25, 0.3) is 0 Å². The van der Waals surface area contributed by atoms with E-state index in [0.29, 0.717) is 18.5 Å². The SMILES string of the molecule is CC1(C)CCCN(C(=O)N2CCC(CC(=O)O)C2)CC1. The maximum Gasteiger partial charge on any atom is 0.320 e. The number of amides is 2. The van der Waals surface area contributed by atoms with E-state index in [2.05, 4.69) is 13.8 Å². The first kappa shape index (κ1) is 15.1. The summed E-state index contributed by atoms with van der Waals surface area (Å²) < 4.78 is 0. The highest BCUT2D eigenvalue weighted by Crippen LogP contribution is 2.30. The second-order valence-corrected chi connectivity index (χ2v) is 6.99. The van der Waals surface area contributed by atoms with Gasteiger partial charge >= 0.3 is 12.0 Å². The Labute approximate surface area is 120 Å². The second kappa shape index (κ2) is 6.02. The van der Waals surface area contributed by atoms with Crippen LogP contribution in [0.1, 0.15) is 46.0 Å². The lowest BCUT2D eigenvalue weighted by atomic mass is 9.85. The average molecular weight is 282 g/mol. The van der Waals surface area contributed by atoms with Crippen LogP contribution in [-0.2, 0) is 4.79 Å². The molecule has 1 unspecified atom stereocenters. The van der Waals surface area contributed by atoms with Crippen LogP contribution >= 0.6 is 0 Å². The second-order valence-electron chi connectivity index (χ2n) is 6.99. The maximum atomic E-state index is 12.5. The number of carbonyl (C=O) groups is 2. The van der Waals surface area contributed by atoms with E-state index in [0.717, 1.165) is 32.4 Å². The molecule has 0 aromatic carbocycles. The van der Waals surface area contributed by atoms with E-state index in [1.165, 1.54) is 6.42 Å². The van der Waals surface area contributed by atoms with E-state index in [1.54, 1.807) is 0 Å². The van der Waals surface area contributed by atoms with Gasteiger partial charge in [0.1, 0.15) is 0 Å². The third-order valence-corrected chi connectivity index (χ3v) is 4.63. The molecule has 5 nitrogen and oxygen atoms in total. The zero-order valence-corrected chi connectivity index (χ0v) is 12.6. The van der Waals surface area contributed by atoms with Crippen LogP contribution in [0.15, 0.2) is 0 Å². The quantitative estimate of drug-likeness (QED) is 0.846. The largest absolute Gasteiger partial charge is 0.481 e. The average Bonchev–Trinajstić information content (AvgIpc) is 2.72. The lowest BCUT2D eigenvalue weighted by molar-refractivity contribution is -0.138. The van der Waals surface area contributed by atoms with Crippen molar-refractivity contribution in [1.29, 1.82) is 0 Å². The third-order valence-electron chi connectivity index (χ3n) is 4.63. The molecule has 2 fully saturated rings. The fourth-order valence-corrected chi connectivity index (χ4v) is 3.23. The minimum atomic E-state index is -0.763. The number of likely N-dealkylation sites (tertiary alicyclic amines) is 2. The molecule has 20 heavy (non-hydrogen) atoms. The molecular weight excluding hydrogens is 256 g/mol. The van der Waals surface area contributed by atoms with Crippen molar-refractivity contribution >= 4 is 12.0 Å². The van der Waals surface area contributed by atoms with Gasteiger partial charge in [0, 0.05) is 32.6 Å². The van der Waals surface area contributed by atoms with Gasteiger partial charge in [-0.05, 0) is 37.0 Å². The lowest BCUT2D eigenvalue weighted by Gasteiger charge is -2.27. The molecule has 0 aromatic heterocycles. The van der Waals surface area contributed by atoms with Gasteiger partial charge in [-0.25, -0.2) is 4.79 Å². The Morgan fingerprint density at radius 3 is 2.60 bits per heavy atom. The molecule has 0 aromatic rings. The molecule has 2 aliphatic rings. The van der Waals surface area contributed by atoms with Gasteiger partial charge < -0.3 is 14.9 Å². The van der Waals surface area contributed by atoms with Gasteiger partial charge in [0.2, 0.25) is 0 Å². The Bertz CT molecular complexity index is 381. The standard InChI is InChI=1S/C15H26N2O3/c1-15(2)5-3-7-16(9-6-15)14(20)17-8-4-12(11-17)10-13(18)19/h12H,3-11H2,1-2H3,(H,18,19). The van der Waals surface area contributed by atoms with Gasteiger partial charge in [0.25, 0.3) is 0 Å². The highest BCUT2D eigenvalue weighted by atomic mass is 16.4. The molecule has 2 saturated heterocycles. The van der Waals surface area contributed by atoms with Crippen LogP contribution in [0.4, 0.5) is 4.79 Å². The number of hydrogen-bond donors (Lipinski definition) is 1. The summed E-state index contributed by atoms with van der Waals surface area (Å²) in [5.74, 6) is -0.638. The zero-order valence-electron chi connectivity index (χ0n) is 12.6. The minimum absolute atomic E-state index is 0.107. The predicted octanol–water partition coefficient (Wildman–Crippen LogP) is 2.42. The fourth-order valence-electron chi connectivity index (χ4n) is 3.23. The fraction of sp³-hybridized carbons (Fsp3) is 0.867. The maximum absolute atomic E-state index is 12.5. The van der Waals surface area contributed by atoms with Crippen molar-refractivity contribution < 1.29 is 14.7 Å². The lowest BCUT2D eigenvalue weighted by Crippen LogP contribution is -2.42. The summed E-state index contributed by atoms with van der Waals surface area (Å²) in [7, 11) is 0. The van der Waals surface area contributed by atoms with E-state index in [9.17, 15) is 9.59 Å². The molecule has 1 N–H and O–H groups in total. The third kappa shape index (κ3) is 3.87. The van der Waals surface area contributed by atoms with Crippen molar-refractivity contribution in [3.63, 3.8) is 0 Å². The van der Waals surface area contributed by atoms with Crippen molar-refractivity contribution in [2.75, 3.05) is 26.2 Å². The van der Waals surface area contributed by atoms with Crippen LogP contribution in [0.5, 0.6) is 0 Å². The molecule has 0 saturated carbocycles. The van der Waals surface area contributed by atoms with Gasteiger partial charge in [-0.1, -0.05) is 13.8 Å². The molecule has 0 bridgehead atoms. The zero-order chi connectivity index (χ0) is 14.8. The number of hydrogen-bond acceptors (Lipinski definition) is 2. The molecule has 5 heteroatoms. The Kier molecular flexibility index (Phi) is 4.55. The van der Waals surface area contributed by atoms with E-state index in [4.69, 9.17) is 5.11 Å². The smallest absolute Gasteiger partial charge is 0.320 e. The summed E-state index contributed by atoms with van der Waals surface area (Å²) in [6, 6.07) is 0.107. The van der Waals surface area contributed by atoms with Gasteiger partial charge in [-0.2, -0.15) is 0 Å². The molecule has 114 valence electrons. The van der Waals surface area contributed by atoms with Gasteiger partial charge in [0.15, 0.2) is 0 Å². The molecule has 0 spiro atoms. The molecule has 2 heterocycles. The monoisotopic (exact) mass is 282 g/mol. The summed E-state index contributed by atoms with van der Waals surface area (Å²) >= 11 is 0. The number of rotatable bonds is 2. The first-order chi connectivity index (χ1) is 9.37. The molecule has 1 atom stereocenters. The Morgan fingerprint density at radius 1 is 1.15 bits per heavy atom. The minimum Gasteiger partial charge on any atom is -0.481 e. The van der Waals surface area contributed by atoms with Crippen LogP contribution in [0.2, 0.25) is 0 Å². The topological polar surface area (TPSA) is 60.9 Å². The number of carboxylic acid groups (broad SMARTS) is 1. The molecule has 0 radical (unpaired) electrons. The van der Waals surface area contributed by atoms with Gasteiger partial charge in [-0.15, -0.1) is 0 Å². The Morgan fingerprint density at radius 2 is 1.90 bits per heavy atom. The molecule has 2 amide bonds. The number of carboxylic acids is 1. The predicted molar refractivity (Wildman–Crippen MR) is 76.5 cm³/mol. The summed E-state index contributed by atoms with van der Waals surface area (Å²) in [5, 5.41) is 8.83. The first-order valence-corrected chi connectivity index (χ1v) is 7.63. The summed E-state index contributed by atoms with van der Waals surface area (Å²) in [4.78, 5) is 27.0. The van der Waals surface area contributed by atoms with E-state index >= 15 is 0 Å². The number of nitrogens with zero attached hydrogens (tertiary/aromatic N) is 2. The Balaban J connectivity index is 1.87. The van der Waals surface area contributed by atoms with Crippen molar-refractivity contribution in [2.24, 2.45) is 11.3 Å². The van der Waals surface area contributed by atoms with Crippen molar-refractivity contribution in [1.82, 2.24) is 9.80 Å². The van der Waals surface area contributed by atoms with E-state index < -0.39 is 5.97 Å². The Hall–Kier alpha value is -1.26. The van der Waals surface area contributed by atoms with Crippen molar-refractivity contribution in [3.05, 3.63) is 0 Å². The highest BCUT2D eigenvalue weighted by Gasteiger charge is 2.32. The van der Waals surface area contributed by atoms with E-state index in [-0.39, 0.29) is 18.4 Å². The van der Waals surface area contributed by atoms with Crippen molar-refractivity contribution in [2.45, 2.75) is 46.0 Å². The van der Waals surface area contributed by atoms with Crippen LogP contribution in [0, 0.1) is 11.3 Å². The van der Waals surface area contributed by atoms with Crippen molar-refractivity contribution in [3.8, 4) is 0 Å². The van der Waals surface area contributed by atoms with Crippen LogP contribution in [0.3, 0.4) is 0 Å².